The number of hydrogen-bond donors (Lipinski definition) is 1. The maximum Gasteiger partial charge on any atom is 0.253 e. The molecule has 1 aromatic carbocycles. The first kappa shape index (κ1) is 13.0. The SMILES string of the molecule is CC1CN(C(=O)c2ccc3nccnc3c2)CCC1O. The van der Waals surface area contributed by atoms with Crippen LogP contribution in [0, 0.1) is 5.92 Å². The number of likely N-dealkylation sites (tertiary alicyclic amines) is 1. The lowest BCUT2D eigenvalue weighted by Crippen LogP contribution is -2.44. The highest BCUT2D eigenvalue weighted by atomic mass is 16.3. The minimum absolute atomic E-state index is 0.00342. The van der Waals surface area contributed by atoms with Crippen LogP contribution in [0.25, 0.3) is 11.0 Å². The van der Waals surface area contributed by atoms with Crippen LogP contribution in [0.1, 0.15) is 23.7 Å². The summed E-state index contributed by atoms with van der Waals surface area (Å²) in [5.74, 6) is 0.115. The summed E-state index contributed by atoms with van der Waals surface area (Å²) in [6.45, 7) is 3.16. The molecule has 2 atom stereocenters. The number of carbonyl (C=O) groups is 1. The standard InChI is InChI=1S/C15H17N3O2/c1-10-9-18(7-4-14(10)19)15(20)11-2-3-12-13(8-11)17-6-5-16-12/h2-3,5-6,8,10,14,19H,4,7,9H2,1H3. The number of aliphatic hydroxyl groups is 1. The van der Waals surface area contributed by atoms with E-state index >= 15 is 0 Å². The molecule has 1 aliphatic rings. The molecule has 20 heavy (non-hydrogen) atoms. The van der Waals surface area contributed by atoms with Crippen molar-refractivity contribution in [3.63, 3.8) is 0 Å². The molecule has 2 aromatic rings. The summed E-state index contributed by atoms with van der Waals surface area (Å²) in [6, 6.07) is 5.38. The summed E-state index contributed by atoms with van der Waals surface area (Å²) in [5, 5.41) is 9.73. The summed E-state index contributed by atoms with van der Waals surface area (Å²) in [7, 11) is 0. The number of hydrogen-bond acceptors (Lipinski definition) is 4. The van der Waals surface area contributed by atoms with E-state index < -0.39 is 0 Å². The molecule has 104 valence electrons. The van der Waals surface area contributed by atoms with E-state index in [1.807, 2.05) is 13.0 Å². The Kier molecular flexibility index (Phi) is 3.36. The van der Waals surface area contributed by atoms with Crippen LogP contribution < -0.4 is 0 Å². The van der Waals surface area contributed by atoms with Crippen LogP contribution in [-0.4, -0.2) is 45.1 Å². The van der Waals surface area contributed by atoms with Gasteiger partial charge in [-0.25, -0.2) is 0 Å². The second-order valence-electron chi connectivity index (χ2n) is 5.34. The number of benzene rings is 1. The first-order valence-corrected chi connectivity index (χ1v) is 6.83. The van der Waals surface area contributed by atoms with Gasteiger partial charge in [-0.15, -0.1) is 0 Å². The lowest BCUT2D eigenvalue weighted by molar-refractivity contribution is 0.0297. The summed E-state index contributed by atoms with van der Waals surface area (Å²) in [4.78, 5) is 22.7. The molecule has 2 heterocycles. The van der Waals surface area contributed by atoms with Gasteiger partial charge < -0.3 is 10.0 Å². The van der Waals surface area contributed by atoms with Gasteiger partial charge in [-0.1, -0.05) is 6.92 Å². The highest BCUT2D eigenvalue weighted by molar-refractivity contribution is 5.97. The Bertz CT molecular complexity index is 644. The lowest BCUT2D eigenvalue weighted by Gasteiger charge is -2.34. The Hall–Kier alpha value is -2.01. The maximum absolute atomic E-state index is 12.5. The van der Waals surface area contributed by atoms with Gasteiger partial charge in [0.1, 0.15) is 0 Å². The number of rotatable bonds is 1. The number of aromatic nitrogens is 2. The number of amides is 1. The van der Waals surface area contributed by atoms with E-state index in [1.54, 1.807) is 29.4 Å². The Morgan fingerprint density at radius 2 is 2.05 bits per heavy atom. The molecule has 1 N–H and O–H groups in total. The fourth-order valence-electron chi connectivity index (χ4n) is 2.60. The third-order valence-corrected chi connectivity index (χ3v) is 3.86. The van der Waals surface area contributed by atoms with Crippen LogP contribution >= 0.6 is 0 Å². The normalized spacial score (nSPS) is 23.0. The predicted octanol–water partition coefficient (Wildman–Crippen LogP) is 1.47. The maximum atomic E-state index is 12.5. The van der Waals surface area contributed by atoms with Crippen LogP contribution in [0.3, 0.4) is 0 Å². The molecule has 3 rings (SSSR count). The average Bonchev–Trinajstić information content (AvgIpc) is 2.49. The van der Waals surface area contributed by atoms with Gasteiger partial charge in [-0.3, -0.25) is 14.8 Å². The van der Waals surface area contributed by atoms with Gasteiger partial charge in [0.2, 0.25) is 0 Å². The Balaban J connectivity index is 1.85. The van der Waals surface area contributed by atoms with Crippen molar-refractivity contribution in [1.82, 2.24) is 14.9 Å². The zero-order valence-corrected chi connectivity index (χ0v) is 11.4. The summed E-state index contributed by atoms with van der Waals surface area (Å²) < 4.78 is 0. The zero-order chi connectivity index (χ0) is 14.1. The van der Waals surface area contributed by atoms with E-state index in [-0.39, 0.29) is 17.9 Å². The number of nitrogens with zero attached hydrogens (tertiary/aromatic N) is 3. The fourth-order valence-corrected chi connectivity index (χ4v) is 2.60. The molecule has 2 unspecified atom stereocenters. The van der Waals surface area contributed by atoms with Crippen LogP contribution in [0.2, 0.25) is 0 Å². The van der Waals surface area contributed by atoms with E-state index in [9.17, 15) is 9.90 Å². The Morgan fingerprint density at radius 3 is 2.80 bits per heavy atom. The highest BCUT2D eigenvalue weighted by Crippen LogP contribution is 2.20. The van der Waals surface area contributed by atoms with Crippen molar-refractivity contribution in [2.24, 2.45) is 5.92 Å². The van der Waals surface area contributed by atoms with Crippen LogP contribution in [0.4, 0.5) is 0 Å². The molecule has 1 amide bonds. The molecule has 5 nitrogen and oxygen atoms in total. The van der Waals surface area contributed by atoms with Gasteiger partial charge in [0.25, 0.3) is 5.91 Å². The minimum Gasteiger partial charge on any atom is -0.393 e. The molecule has 1 saturated heterocycles. The van der Waals surface area contributed by atoms with Gasteiger partial charge in [-0.2, -0.15) is 0 Å². The first-order valence-electron chi connectivity index (χ1n) is 6.83. The van der Waals surface area contributed by atoms with Crippen molar-refractivity contribution in [3.8, 4) is 0 Å². The second kappa shape index (κ2) is 5.17. The van der Waals surface area contributed by atoms with Gasteiger partial charge in [-0.05, 0) is 30.5 Å². The first-order chi connectivity index (χ1) is 9.65. The van der Waals surface area contributed by atoms with Crippen molar-refractivity contribution < 1.29 is 9.90 Å². The summed E-state index contributed by atoms with van der Waals surface area (Å²) in [5.41, 5.74) is 2.14. The molecular weight excluding hydrogens is 254 g/mol. The van der Waals surface area contributed by atoms with E-state index in [2.05, 4.69) is 9.97 Å². The molecule has 1 fully saturated rings. The van der Waals surface area contributed by atoms with E-state index in [0.29, 0.717) is 25.1 Å². The van der Waals surface area contributed by atoms with Crippen molar-refractivity contribution in [1.29, 1.82) is 0 Å². The summed E-state index contributed by atoms with van der Waals surface area (Å²) in [6.07, 6.45) is 3.59. The molecule has 1 aliphatic heterocycles. The van der Waals surface area contributed by atoms with Crippen molar-refractivity contribution in [3.05, 3.63) is 36.2 Å². The van der Waals surface area contributed by atoms with Crippen LogP contribution in [-0.2, 0) is 0 Å². The Morgan fingerprint density at radius 1 is 1.30 bits per heavy atom. The van der Waals surface area contributed by atoms with Crippen LogP contribution in [0.15, 0.2) is 30.6 Å². The summed E-state index contributed by atoms with van der Waals surface area (Å²) >= 11 is 0. The minimum atomic E-state index is -0.304. The topological polar surface area (TPSA) is 66.3 Å². The number of aliphatic hydroxyl groups excluding tert-OH is 1. The molecular formula is C15H17N3O2. The molecule has 5 heteroatoms. The second-order valence-corrected chi connectivity index (χ2v) is 5.34. The average molecular weight is 271 g/mol. The van der Waals surface area contributed by atoms with Crippen molar-refractivity contribution >= 4 is 16.9 Å². The van der Waals surface area contributed by atoms with Gasteiger partial charge in [0, 0.05) is 31.0 Å². The zero-order valence-electron chi connectivity index (χ0n) is 11.4. The Labute approximate surface area is 117 Å². The van der Waals surface area contributed by atoms with E-state index in [0.717, 1.165) is 11.0 Å². The third kappa shape index (κ3) is 2.36. The number of fused-ring (bicyclic) bond motifs is 1. The van der Waals surface area contributed by atoms with Crippen LogP contribution in [0.5, 0.6) is 0 Å². The molecule has 0 radical (unpaired) electrons. The quantitative estimate of drug-likeness (QED) is 0.853. The monoisotopic (exact) mass is 271 g/mol. The smallest absolute Gasteiger partial charge is 0.253 e. The molecule has 0 aliphatic carbocycles. The highest BCUT2D eigenvalue weighted by Gasteiger charge is 2.27. The lowest BCUT2D eigenvalue weighted by atomic mass is 9.96. The number of carbonyl (C=O) groups excluding carboxylic acids is 1. The van der Waals surface area contributed by atoms with Gasteiger partial charge >= 0.3 is 0 Å². The van der Waals surface area contributed by atoms with Crippen molar-refractivity contribution in [2.75, 3.05) is 13.1 Å². The molecule has 0 saturated carbocycles. The molecule has 0 bridgehead atoms. The van der Waals surface area contributed by atoms with Gasteiger partial charge in [0.15, 0.2) is 0 Å². The largest absolute Gasteiger partial charge is 0.393 e. The molecule has 0 spiro atoms. The predicted molar refractivity (Wildman–Crippen MR) is 75.2 cm³/mol. The van der Waals surface area contributed by atoms with Crippen molar-refractivity contribution in [2.45, 2.75) is 19.4 Å². The molecule has 1 aromatic heterocycles. The third-order valence-electron chi connectivity index (χ3n) is 3.86. The number of piperidine rings is 1. The van der Waals surface area contributed by atoms with E-state index in [1.165, 1.54) is 0 Å². The van der Waals surface area contributed by atoms with E-state index in [4.69, 9.17) is 0 Å². The fraction of sp³-hybridized carbons (Fsp3) is 0.400. The van der Waals surface area contributed by atoms with Gasteiger partial charge in [0.05, 0.1) is 17.1 Å².